The van der Waals surface area contributed by atoms with Gasteiger partial charge in [0, 0.05) is 39.3 Å². The van der Waals surface area contributed by atoms with Crippen LogP contribution >= 0.6 is 11.3 Å². The molecule has 3 aromatic rings. The van der Waals surface area contributed by atoms with Gasteiger partial charge in [0.2, 0.25) is 5.76 Å². The number of alkyl halides is 3. The van der Waals surface area contributed by atoms with Gasteiger partial charge >= 0.3 is 6.18 Å². The van der Waals surface area contributed by atoms with Crippen molar-refractivity contribution < 1.29 is 27.2 Å². The zero-order valence-corrected chi connectivity index (χ0v) is 21.4. The van der Waals surface area contributed by atoms with Crippen molar-refractivity contribution >= 4 is 40.7 Å². The second-order valence-corrected chi connectivity index (χ2v) is 10.1. The number of nitrogens with one attached hydrogen (secondary N) is 1. The van der Waals surface area contributed by atoms with Crippen molar-refractivity contribution in [2.75, 3.05) is 54.4 Å². The van der Waals surface area contributed by atoms with Crippen LogP contribution in [0.1, 0.15) is 51.6 Å². The van der Waals surface area contributed by atoms with Crippen LogP contribution in [-0.4, -0.2) is 66.0 Å². The van der Waals surface area contributed by atoms with E-state index in [1.165, 1.54) is 17.5 Å². The fourth-order valence-electron chi connectivity index (χ4n) is 4.62. The van der Waals surface area contributed by atoms with Crippen molar-refractivity contribution in [1.82, 2.24) is 14.9 Å². The van der Waals surface area contributed by atoms with Crippen LogP contribution in [0.3, 0.4) is 0 Å². The number of carbonyl (C=O) groups is 2. The number of oxazole rings is 1. The van der Waals surface area contributed by atoms with Gasteiger partial charge in [-0.15, -0.1) is 11.3 Å². The third kappa shape index (κ3) is 5.77. The topological polar surface area (TPSA) is 94.8 Å². The summed E-state index contributed by atoms with van der Waals surface area (Å²) < 4.78 is 46.2. The highest BCUT2D eigenvalue weighted by molar-refractivity contribution is 7.12. The number of amides is 2. The van der Waals surface area contributed by atoms with Gasteiger partial charge in [0.05, 0.1) is 16.8 Å². The summed E-state index contributed by atoms with van der Waals surface area (Å²) in [6.45, 7) is 3.52. The number of pyridine rings is 1. The summed E-state index contributed by atoms with van der Waals surface area (Å²) >= 11 is 1.42. The van der Waals surface area contributed by atoms with E-state index >= 15 is 0 Å². The summed E-state index contributed by atoms with van der Waals surface area (Å²) in [4.78, 5) is 39.6. The summed E-state index contributed by atoms with van der Waals surface area (Å²) in [5.41, 5.74) is -1.11. The molecule has 0 spiro atoms. The van der Waals surface area contributed by atoms with E-state index in [2.05, 4.69) is 15.3 Å². The van der Waals surface area contributed by atoms with Gasteiger partial charge in [-0.05, 0) is 49.3 Å². The van der Waals surface area contributed by atoms with Gasteiger partial charge in [0.15, 0.2) is 5.69 Å². The van der Waals surface area contributed by atoms with Crippen LogP contribution in [0, 0.1) is 0 Å². The number of halogens is 3. The minimum Gasteiger partial charge on any atom is -0.417 e. The van der Waals surface area contributed by atoms with Gasteiger partial charge in [0.1, 0.15) is 5.82 Å². The number of carbonyl (C=O) groups excluding carboxylic acids is 2. The normalized spacial score (nSPS) is 16.9. The van der Waals surface area contributed by atoms with Gasteiger partial charge in [-0.3, -0.25) is 9.59 Å². The van der Waals surface area contributed by atoms with E-state index in [9.17, 15) is 22.8 Å². The Kier molecular flexibility index (Phi) is 7.54. The lowest BCUT2D eigenvalue weighted by Crippen LogP contribution is -2.35. The average Bonchev–Trinajstić information content (AvgIpc) is 3.56. The van der Waals surface area contributed by atoms with Crippen LogP contribution in [0.15, 0.2) is 40.3 Å². The maximum Gasteiger partial charge on any atom is 0.437 e. The zero-order chi connectivity index (χ0) is 26.7. The molecule has 5 rings (SSSR count). The molecule has 2 aliphatic rings. The van der Waals surface area contributed by atoms with Crippen LogP contribution in [-0.2, 0) is 6.18 Å². The number of piperidine rings is 1. The molecule has 2 fully saturated rings. The fraction of sp³-hybridized carbons (Fsp3) is 0.440. The minimum atomic E-state index is -4.84. The lowest BCUT2D eigenvalue weighted by Gasteiger charge is -2.24. The molecule has 0 unspecified atom stereocenters. The van der Waals surface area contributed by atoms with E-state index in [1.54, 1.807) is 17.0 Å². The Morgan fingerprint density at radius 1 is 0.947 bits per heavy atom. The molecule has 5 heterocycles. The largest absolute Gasteiger partial charge is 0.437 e. The van der Waals surface area contributed by atoms with Gasteiger partial charge in [-0.25, -0.2) is 4.98 Å². The summed E-state index contributed by atoms with van der Waals surface area (Å²) in [7, 11) is 0. The Balaban J connectivity index is 1.24. The first-order valence-electron chi connectivity index (χ1n) is 12.5. The third-order valence-corrected chi connectivity index (χ3v) is 7.42. The van der Waals surface area contributed by atoms with Crippen molar-refractivity contribution in [3.63, 3.8) is 0 Å². The number of rotatable bonds is 5. The van der Waals surface area contributed by atoms with E-state index in [-0.39, 0.29) is 17.6 Å². The van der Waals surface area contributed by atoms with E-state index in [4.69, 9.17) is 4.42 Å². The highest BCUT2D eigenvalue weighted by atomic mass is 32.1. The number of hydrogen-bond acceptors (Lipinski definition) is 8. The van der Waals surface area contributed by atoms with E-state index < -0.39 is 23.5 Å². The van der Waals surface area contributed by atoms with Crippen LogP contribution in [0.4, 0.5) is 30.7 Å². The molecule has 0 radical (unpaired) electrons. The molecule has 202 valence electrons. The van der Waals surface area contributed by atoms with Crippen molar-refractivity contribution in [3.8, 4) is 0 Å². The monoisotopic (exact) mass is 548 g/mol. The van der Waals surface area contributed by atoms with Crippen LogP contribution < -0.4 is 15.1 Å². The summed E-state index contributed by atoms with van der Waals surface area (Å²) in [5, 5.41) is 4.32. The quantitative estimate of drug-likeness (QED) is 0.492. The maximum atomic E-state index is 13.6. The Morgan fingerprint density at radius 3 is 2.42 bits per heavy atom. The second-order valence-electron chi connectivity index (χ2n) is 9.19. The number of hydrogen-bond donors (Lipinski definition) is 1. The molecule has 13 heteroatoms. The molecule has 2 aliphatic heterocycles. The van der Waals surface area contributed by atoms with Gasteiger partial charge < -0.3 is 24.4 Å². The minimum absolute atomic E-state index is 0.0157. The molecule has 0 bridgehead atoms. The maximum absolute atomic E-state index is 13.6. The van der Waals surface area contributed by atoms with Crippen LogP contribution in [0.25, 0.3) is 0 Å². The molecule has 2 saturated heterocycles. The molecule has 2 amide bonds. The third-order valence-electron chi connectivity index (χ3n) is 6.56. The molecule has 1 N–H and O–H groups in total. The Morgan fingerprint density at radius 2 is 1.74 bits per heavy atom. The molecule has 9 nitrogen and oxygen atoms in total. The van der Waals surface area contributed by atoms with Gasteiger partial charge in [-0.2, -0.15) is 18.2 Å². The molecule has 38 heavy (non-hydrogen) atoms. The number of thiophene rings is 1. The predicted molar refractivity (Wildman–Crippen MR) is 137 cm³/mol. The van der Waals surface area contributed by atoms with Crippen molar-refractivity contribution in [3.05, 3.63) is 52.2 Å². The average molecular weight is 549 g/mol. The van der Waals surface area contributed by atoms with Crippen LogP contribution in [0.2, 0.25) is 0 Å². The lowest BCUT2D eigenvalue weighted by atomic mass is 10.1. The predicted octanol–water partition coefficient (Wildman–Crippen LogP) is 4.75. The lowest BCUT2D eigenvalue weighted by molar-refractivity contribution is -0.141. The molecule has 0 aliphatic carbocycles. The molecule has 3 aromatic heterocycles. The first kappa shape index (κ1) is 26.0. The number of anilines is 3. The zero-order valence-electron chi connectivity index (χ0n) is 20.5. The Labute approximate surface area is 221 Å². The van der Waals surface area contributed by atoms with Gasteiger partial charge in [0.25, 0.3) is 17.8 Å². The summed E-state index contributed by atoms with van der Waals surface area (Å²) in [6, 6.07) is 6.75. The molecule has 0 atom stereocenters. The molecule has 0 saturated carbocycles. The standard InChI is InChI=1S/C25H27F3N6O3S/c26-25(27,28)21-20(37-24(31-21)34-9-2-1-3-10-34)22(35)30-17-7-8-19(29-16-17)32-11-5-12-33(14-13-32)23(36)18-6-4-15-38-18/h4,6-8,15-16H,1-3,5,9-14H2,(H,30,35). The van der Waals surface area contributed by atoms with E-state index in [0.717, 1.165) is 25.7 Å². The first-order valence-corrected chi connectivity index (χ1v) is 13.4. The molecular weight excluding hydrogens is 521 g/mol. The summed E-state index contributed by atoms with van der Waals surface area (Å²) in [6.07, 6.45) is -0.0444. The second kappa shape index (κ2) is 11.0. The fourth-order valence-corrected chi connectivity index (χ4v) is 5.31. The smallest absolute Gasteiger partial charge is 0.417 e. The Hall–Kier alpha value is -3.61. The molecule has 0 aromatic carbocycles. The van der Waals surface area contributed by atoms with Crippen molar-refractivity contribution in [2.24, 2.45) is 0 Å². The summed E-state index contributed by atoms with van der Waals surface area (Å²) in [5.74, 6) is -1.25. The highest BCUT2D eigenvalue weighted by Gasteiger charge is 2.42. The molecular formula is C25H27F3N6O3S. The SMILES string of the molecule is O=C(Nc1ccc(N2CCCN(C(=O)c3cccs3)CC2)nc1)c1oc(N2CCCCC2)nc1C(F)(F)F. The van der Waals surface area contributed by atoms with Crippen LogP contribution in [0.5, 0.6) is 0 Å². The van der Waals surface area contributed by atoms with E-state index in [1.807, 2.05) is 27.3 Å². The van der Waals surface area contributed by atoms with E-state index in [0.29, 0.717) is 50.0 Å². The van der Waals surface area contributed by atoms with Crippen molar-refractivity contribution in [2.45, 2.75) is 31.9 Å². The Bertz CT molecular complexity index is 1260. The van der Waals surface area contributed by atoms with Crippen molar-refractivity contribution in [1.29, 1.82) is 0 Å². The number of aromatic nitrogens is 2. The first-order chi connectivity index (χ1) is 18.3. The number of nitrogens with zero attached hydrogens (tertiary/aromatic N) is 5. The van der Waals surface area contributed by atoms with Gasteiger partial charge in [-0.1, -0.05) is 6.07 Å². The highest BCUT2D eigenvalue weighted by Crippen LogP contribution is 2.35.